The first kappa shape index (κ1) is 12.2. The van der Waals surface area contributed by atoms with Crippen LogP contribution in [0.1, 0.15) is 31.5 Å². The molecule has 2 aromatic heterocycles. The van der Waals surface area contributed by atoms with Crippen molar-refractivity contribution in [1.29, 1.82) is 0 Å². The van der Waals surface area contributed by atoms with Crippen molar-refractivity contribution in [2.45, 2.75) is 39.8 Å². The number of hydrogen-bond donors (Lipinski definition) is 1. The Hall–Kier alpha value is -1.27. The molecular weight excluding hydrogens is 236 g/mol. The maximum Gasteiger partial charge on any atom is 0.275 e. The molecule has 0 aliphatic heterocycles. The lowest BCUT2D eigenvalue weighted by atomic mass is 10.1. The quantitative estimate of drug-likeness (QED) is 0.876. The summed E-state index contributed by atoms with van der Waals surface area (Å²) in [5, 5.41) is 8.26. The topological polar surface area (TPSA) is 59.3 Å². The highest BCUT2D eigenvalue weighted by molar-refractivity contribution is 7.16. The summed E-state index contributed by atoms with van der Waals surface area (Å²) in [6.45, 7) is 8.69. The summed E-state index contributed by atoms with van der Waals surface area (Å²) >= 11 is 1.43. The summed E-state index contributed by atoms with van der Waals surface area (Å²) in [4.78, 5) is 16.8. The summed E-state index contributed by atoms with van der Waals surface area (Å²) in [5.41, 5.74) is 0.648. The van der Waals surface area contributed by atoms with Crippen molar-refractivity contribution in [3.05, 3.63) is 27.1 Å². The first-order chi connectivity index (χ1) is 7.85. The van der Waals surface area contributed by atoms with E-state index in [0.29, 0.717) is 11.5 Å². The Balaban J connectivity index is 2.33. The number of nitrogens with one attached hydrogen (secondary N) is 1. The maximum absolute atomic E-state index is 11.8. The fourth-order valence-electron chi connectivity index (χ4n) is 1.40. The molecule has 0 bridgehead atoms. The fraction of sp³-hybridized carbons (Fsp3) is 0.545. The molecule has 2 heterocycles. The third-order valence-electron chi connectivity index (χ3n) is 2.20. The van der Waals surface area contributed by atoms with Crippen LogP contribution in [-0.2, 0) is 6.54 Å². The second kappa shape index (κ2) is 4.19. The van der Waals surface area contributed by atoms with Crippen molar-refractivity contribution in [3.63, 3.8) is 0 Å². The van der Waals surface area contributed by atoms with Gasteiger partial charge in [0.05, 0.1) is 5.69 Å². The van der Waals surface area contributed by atoms with Crippen LogP contribution in [0.25, 0.3) is 4.96 Å². The standard InChI is InChI=1S/C11H16N4OS/c1-7-14-15-9(16)5-8(13-10(15)17-7)6-12-11(2,3)4/h5,12H,6H2,1-4H3. The Morgan fingerprint density at radius 1 is 1.47 bits per heavy atom. The zero-order chi connectivity index (χ0) is 12.6. The molecule has 17 heavy (non-hydrogen) atoms. The third-order valence-corrected chi connectivity index (χ3v) is 3.02. The second-order valence-corrected chi connectivity index (χ2v) is 6.16. The zero-order valence-corrected chi connectivity index (χ0v) is 11.3. The van der Waals surface area contributed by atoms with E-state index in [4.69, 9.17) is 0 Å². The van der Waals surface area contributed by atoms with Crippen molar-refractivity contribution in [1.82, 2.24) is 19.9 Å². The minimum Gasteiger partial charge on any atom is -0.306 e. The molecule has 0 amide bonds. The molecule has 0 aromatic carbocycles. The Morgan fingerprint density at radius 2 is 2.18 bits per heavy atom. The molecule has 0 saturated heterocycles. The zero-order valence-electron chi connectivity index (χ0n) is 10.4. The molecule has 0 saturated carbocycles. The molecular formula is C11H16N4OS. The average molecular weight is 252 g/mol. The summed E-state index contributed by atoms with van der Waals surface area (Å²) in [6.07, 6.45) is 0. The van der Waals surface area contributed by atoms with Crippen molar-refractivity contribution in [2.24, 2.45) is 0 Å². The molecule has 0 atom stereocenters. The van der Waals surface area contributed by atoms with Crippen molar-refractivity contribution < 1.29 is 0 Å². The largest absolute Gasteiger partial charge is 0.306 e. The first-order valence-electron chi connectivity index (χ1n) is 5.46. The lowest BCUT2D eigenvalue weighted by Crippen LogP contribution is -2.35. The molecule has 1 N–H and O–H groups in total. The van der Waals surface area contributed by atoms with Crippen molar-refractivity contribution >= 4 is 16.3 Å². The van der Waals surface area contributed by atoms with Crippen LogP contribution < -0.4 is 10.9 Å². The monoisotopic (exact) mass is 252 g/mol. The Kier molecular flexibility index (Phi) is 3.01. The van der Waals surface area contributed by atoms with Crippen molar-refractivity contribution in [2.75, 3.05) is 0 Å². The van der Waals surface area contributed by atoms with Gasteiger partial charge in [-0.25, -0.2) is 4.98 Å². The SMILES string of the molecule is Cc1nn2c(=O)cc(CNC(C)(C)C)nc2s1. The van der Waals surface area contributed by atoms with Gasteiger partial charge in [-0.2, -0.15) is 9.61 Å². The van der Waals surface area contributed by atoms with Gasteiger partial charge in [-0.3, -0.25) is 4.79 Å². The van der Waals surface area contributed by atoms with Crippen LogP contribution in [0.5, 0.6) is 0 Å². The number of fused-ring (bicyclic) bond motifs is 1. The van der Waals surface area contributed by atoms with Gasteiger partial charge in [0.1, 0.15) is 5.01 Å². The van der Waals surface area contributed by atoms with Crippen LogP contribution in [0, 0.1) is 6.92 Å². The van der Waals surface area contributed by atoms with E-state index in [2.05, 4.69) is 36.2 Å². The lowest BCUT2D eigenvalue weighted by molar-refractivity contribution is 0.421. The smallest absolute Gasteiger partial charge is 0.275 e. The highest BCUT2D eigenvalue weighted by Crippen LogP contribution is 2.10. The molecule has 92 valence electrons. The molecule has 6 heteroatoms. The summed E-state index contributed by atoms with van der Waals surface area (Å²) in [5.74, 6) is 0. The average Bonchev–Trinajstić information content (AvgIpc) is 2.55. The predicted octanol–water partition coefficient (Wildman–Crippen LogP) is 1.35. The van der Waals surface area contributed by atoms with Gasteiger partial charge in [0, 0.05) is 18.2 Å². The van der Waals surface area contributed by atoms with E-state index in [1.54, 1.807) is 0 Å². The van der Waals surface area contributed by atoms with Gasteiger partial charge < -0.3 is 5.32 Å². The van der Waals surface area contributed by atoms with Gasteiger partial charge in [-0.05, 0) is 27.7 Å². The maximum atomic E-state index is 11.8. The molecule has 0 aliphatic rings. The van der Waals surface area contributed by atoms with Crippen LogP contribution >= 0.6 is 11.3 Å². The van der Waals surface area contributed by atoms with Gasteiger partial charge >= 0.3 is 0 Å². The minimum absolute atomic E-state index is 0.0104. The molecule has 0 fully saturated rings. The van der Waals surface area contributed by atoms with Crippen LogP contribution in [0.15, 0.2) is 10.9 Å². The van der Waals surface area contributed by atoms with Crippen LogP contribution in [0.3, 0.4) is 0 Å². The number of aryl methyl sites for hydroxylation is 1. The predicted molar refractivity (Wildman–Crippen MR) is 68.5 cm³/mol. The molecule has 5 nitrogen and oxygen atoms in total. The Morgan fingerprint density at radius 3 is 2.82 bits per heavy atom. The highest BCUT2D eigenvalue weighted by atomic mass is 32.1. The van der Waals surface area contributed by atoms with E-state index in [-0.39, 0.29) is 11.1 Å². The molecule has 2 rings (SSSR count). The van der Waals surface area contributed by atoms with Crippen LogP contribution in [0.4, 0.5) is 0 Å². The summed E-state index contributed by atoms with van der Waals surface area (Å²) < 4.78 is 1.35. The minimum atomic E-state index is -0.120. The molecule has 0 aliphatic carbocycles. The number of rotatable bonds is 2. The lowest BCUT2D eigenvalue weighted by Gasteiger charge is -2.19. The summed E-state index contributed by atoms with van der Waals surface area (Å²) in [7, 11) is 0. The Labute approximate surface area is 104 Å². The van der Waals surface area contributed by atoms with Gasteiger partial charge in [-0.1, -0.05) is 11.3 Å². The number of nitrogens with zero attached hydrogens (tertiary/aromatic N) is 3. The van der Waals surface area contributed by atoms with E-state index in [1.807, 2.05) is 6.92 Å². The fourth-order valence-corrected chi connectivity index (χ4v) is 2.17. The van der Waals surface area contributed by atoms with E-state index >= 15 is 0 Å². The van der Waals surface area contributed by atoms with Crippen LogP contribution in [0.2, 0.25) is 0 Å². The third kappa shape index (κ3) is 2.89. The van der Waals surface area contributed by atoms with Crippen LogP contribution in [-0.4, -0.2) is 20.1 Å². The Bertz CT molecular complexity index is 594. The molecule has 0 spiro atoms. The first-order valence-corrected chi connectivity index (χ1v) is 6.28. The number of hydrogen-bond acceptors (Lipinski definition) is 5. The van der Waals surface area contributed by atoms with E-state index in [0.717, 1.165) is 10.7 Å². The van der Waals surface area contributed by atoms with E-state index in [1.165, 1.54) is 21.9 Å². The number of aromatic nitrogens is 3. The van der Waals surface area contributed by atoms with E-state index < -0.39 is 0 Å². The van der Waals surface area contributed by atoms with Crippen molar-refractivity contribution in [3.8, 4) is 0 Å². The molecule has 2 aromatic rings. The summed E-state index contributed by atoms with van der Waals surface area (Å²) in [6, 6.07) is 1.53. The molecule has 0 radical (unpaired) electrons. The second-order valence-electron chi connectivity index (χ2n) is 5.00. The van der Waals surface area contributed by atoms with Gasteiger partial charge in [0.2, 0.25) is 4.96 Å². The highest BCUT2D eigenvalue weighted by Gasteiger charge is 2.11. The van der Waals surface area contributed by atoms with E-state index in [9.17, 15) is 4.79 Å². The van der Waals surface area contributed by atoms with Gasteiger partial charge in [0.25, 0.3) is 5.56 Å². The van der Waals surface area contributed by atoms with Gasteiger partial charge in [-0.15, -0.1) is 0 Å². The van der Waals surface area contributed by atoms with Gasteiger partial charge in [0.15, 0.2) is 0 Å². The normalized spacial score (nSPS) is 12.2. The molecule has 0 unspecified atom stereocenters.